The lowest BCUT2D eigenvalue weighted by Gasteiger charge is -2.46. The number of nitriles is 2. The first-order valence-electron chi connectivity index (χ1n) is 25.1. The summed E-state index contributed by atoms with van der Waals surface area (Å²) in [7, 11) is 0. The van der Waals surface area contributed by atoms with E-state index in [-0.39, 0.29) is 11.8 Å². The second kappa shape index (κ2) is 16.1. The predicted molar refractivity (Wildman–Crippen MR) is 291 cm³/mol. The maximum atomic E-state index is 11.9. The van der Waals surface area contributed by atoms with E-state index >= 15 is 0 Å². The molecule has 9 aromatic rings. The molecule has 2 bridgehead atoms. The molecule has 71 heavy (non-hydrogen) atoms. The molecule has 1 fully saturated rings. The van der Waals surface area contributed by atoms with Crippen molar-refractivity contribution < 1.29 is 0 Å². The summed E-state index contributed by atoms with van der Waals surface area (Å²) < 4.78 is 0. The van der Waals surface area contributed by atoms with Gasteiger partial charge in [-0.05, 0) is 158 Å². The zero-order chi connectivity index (χ0) is 48.2. The standard InChI is InChI=1S/C67H52N4/c1-66(2)54-36-46(42-17-9-5-10-18-42)27-31-58(54)70(59-32-28-47(37-55(59)66)43-19-11-6-12-20-43)64-52(40-68)53(41-69)65(63-51-26-25-50(35-51)62(63)64)71-60-33-29-48(44-21-13-7-14-22-44)38-56(60)67(3,4)57-39-49(30-34-61(57)71)45-23-15-8-16-24-45/h5-24,27-34,36-39,50-51H,25-26,35H2,1-4H3. The molecule has 340 valence electrons. The van der Waals surface area contributed by atoms with Crippen molar-refractivity contribution >= 4 is 34.1 Å². The molecule has 4 nitrogen and oxygen atoms in total. The van der Waals surface area contributed by atoms with E-state index in [1.54, 1.807) is 0 Å². The number of anilines is 6. The van der Waals surface area contributed by atoms with E-state index in [4.69, 9.17) is 0 Å². The molecule has 4 heteroatoms. The third kappa shape index (κ3) is 6.41. The summed E-state index contributed by atoms with van der Waals surface area (Å²) in [6.07, 6.45) is 3.08. The lowest BCUT2D eigenvalue weighted by Crippen LogP contribution is -2.33. The van der Waals surface area contributed by atoms with E-state index in [2.05, 4.69) is 244 Å². The van der Waals surface area contributed by atoms with Crippen LogP contribution in [-0.4, -0.2) is 0 Å². The van der Waals surface area contributed by atoms with Gasteiger partial charge in [0.1, 0.15) is 12.1 Å². The van der Waals surface area contributed by atoms with E-state index in [1.807, 2.05) is 0 Å². The Hall–Kier alpha value is -8.44. The summed E-state index contributed by atoms with van der Waals surface area (Å²) in [5.74, 6) is 0.470. The molecule has 9 aromatic carbocycles. The van der Waals surface area contributed by atoms with Crippen molar-refractivity contribution in [2.45, 2.75) is 69.6 Å². The van der Waals surface area contributed by atoms with Crippen LogP contribution in [-0.2, 0) is 10.8 Å². The molecule has 2 aliphatic carbocycles. The fourth-order valence-corrected chi connectivity index (χ4v) is 13.0. The summed E-state index contributed by atoms with van der Waals surface area (Å²) in [5.41, 5.74) is 22.4. The molecule has 1 saturated carbocycles. The molecule has 2 atom stereocenters. The Balaban J connectivity index is 1.10. The van der Waals surface area contributed by atoms with Crippen LogP contribution in [0.2, 0.25) is 0 Å². The summed E-state index contributed by atoms with van der Waals surface area (Å²) in [5, 5.41) is 23.8. The van der Waals surface area contributed by atoms with E-state index in [0.717, 1.165) is 97.9 Å². The Morgan fingerprint density at radius 2 is 0.634 bits per heavy atom. The summed E-state index contributed by atoms with van der Waals surface area (Å²) in [4.78, 5) is 4.78. The van der Waals surface area contributed by atoms with Gasteiger partial charge in [-0.3, -0.25) is 0 Å². The zero-order valence-corrected chi connectivity index (χ0v) is 40.5. The number of hydrogen-bond acceptors (Lipinski definition) is 4. The highest BCUT2D eigenvalue weighted by Crippen LogP contribution is 2.66. The molecule has 2 unspecified atom stereocenters. The van der Waals surface area contributed by atoms with Crippen molar-refractivity contribution in [1.82, 2.24) is 0 Å². The van der Waals surface area contributed by atoms with Gasteiger partial charge in [0.2, 0.25) is 0 Å². The molecule has 0 amide bonds. The fourth-order valence-electron chi connectivity index (χ4n) is 13.0. The summed E-state index contributed by atoms with van der Waals surface area (Å²) in [6, 6.07) is 75.4. The number of rotatable bonds is 6. The van der Waals surface area contributed by atoms with Gasteiger partial charge in [0.15, 0.2) is 0 Å². The van der Waals surface area contributed by atoms with Crippen LogP contribution in [0.4, 0.5) is 34.1 Å². The smallest absolute Gasteiger partial charge is 0.103 e. The van der Waals surface area contributed by atoms with Crippen LogP contribution in [0.5, 0.6) is 0 Å². The van der Waals surface area contributed by atoms with Gasteiger partial charge in [0.25, 0.3) is 0 Å². The van der Waals surface area contributed by atoms with Gasteiger partial charge in [-0.25, -0.2) is 0 Å². The monoisotopic (exact) mass is 912 g/mol. The Bertz CT molecular complexity index is 3280. The largest absolute Gasteiger partial charge is 0.308 e. The van der Waals surface area contributed by atoms with Crippen LogP contribution in [0.3, 0.4) is 0 Å². The average Bonchev–Trinajstić information content (AvgIpc) is 4.05. The molecule has 0 saturated heterocycles. The number of fused-ring (bicyclic) bond motifs is 9. The minimum atomic E-state index is -0.408. The first kappa shape index (κ1) is 42.6. The Morgan fingerprint density at radius 1 is 0.366 bits per heavy atom. The Kier molecular flexibility index (Phi) is 9.65. The fraction of sp³-hybridized carbons (Fsp3) is 0.164. The van der Waals surface area contributed by atoms with Gasteiger partial charge in [-0.1, -0.05) is 173 Å². The van der Waals surface area contributed by atoms with Gasteiger partial charge in [0.05, 0.1) is 45.3 Å². The molecule has 0 radical (unpaired) electrons. The molecular formula is C67H52N4. The van der Waals surface area contributed by atoms with Gasteiger partial charge in [-0.2, -0.15) is 10.5 Å². The average molecular weight is 913 g/mol. The highest BCUT2D eigenvalue weighted by Gasteiger charge is 2.49. The maximum absolute atomic E-state index is 11.9. The van der Waals surface area contributed by atoms with Crippen molar-refractivity contribution in [3.8, 4) is 56.6 Å². The molecule has 4 aliphatic rings. The molecule has 2 aliphatic heterocycles. The Morgan fingerprint density at radius 3 is 0.887 bits per heavy atom. The normalized spacial score (nSPS) is 17.3. The highest BCUT2D eigenvalue weighted by atomic mass is 15.2. The number of hydrogen-bond donors (Lipinski definition) is 0. The first-order valence-corrected chi connectivity index (χ1v) is 25.1. The zero-order valence-electron chi connectivity index (χ0n) is 40.5. The van der Waals surface area contributed by atoms with E-state index in [1.165, 1.54) is 33.4 Å². The Labute approximate surface area is 417 Å². The third-order valence-corrected chi connectivity index (χ3v) is 16.5. The van der Waals surface area contributed by atoms with Gasteiger partial charge < -0.3 is 9.80 Å². The molecule has 0 N–H and O–H groups in total. The minimum absolute atomic E-state index is 0.235. The lowest BCUT2D eigenvalue weighted by molar-refractivity contribution is 0.630. The van der Waals surface area contributed by atoms with Crippen molar-refractivity contribution in [3.05, 3.63) is 239 Å². The summed E-state index contributed by atoms with van der Waals surface area (Å²) >= 11 is 0. The topological polar surface area (TPSA) is 54.1 Å². The molecule has 13 rings (SSSR count). The van der Waals surface area contributed by atoms with Crippen LogP contribution in [0.15, 0.2) is 194 Å². The minimum Gasteiger partial charge on any atom is -0.308 e. The van der Waals surface area contributed by atoms with Crippen LogP contribution >= 0.6 is 0 Å². The lowest BCUT2D eigenvalue weighted by atomic mass is 9.71. The van der Waals surface area contributed by atoms with Crippen molar-refractivity contribution in [1.29, 1.82) is 10.5 Å². The van der Waals surface area contributed by atoms with Gasteiger partial charge in [-0.15, -0.1) is 0 Å². The second-order valence-electron chi connectivity index (χ2n) is 21.0. The van der Waals surface area contributed by atoms with E-state index in [0.29, 0.717) is 11.1 Å². The third-order valence-electron chi connectivity index (χ3n) is 16.5. The predicted octanol–water partition coefficient (Wildman–Crippen LogP) is 17.7. The van der Waals surface area contributed by atoms with Crippen LogP contribution in [0.1, 0.15) is 103 Å². The molecule has 0 spiro atoms. The molecule has 2 heterocycles. The van der Waals surface area contributed by atoms with Crippen molar-refractivity contribution in [2.24, 2.45) is 0 Å². The van der Waals surface area contributed by atoms with Gasteiger partial charge in [0, 0.05) is 10.8 Å². The van der Waals surface area contributed by atoms with Crippen LogP contribution < -0.4 is 9.80 Å². The van der Waals surface area contributed by atoms with E-state index in [9.17, 15) is 10.5 Å². The van der Waals surface area contributed by atoms with Crippen LogP contribution in [0, 0.1) is 22.7 Å². The molecular weight excluding hydrogens is 861 g/mol. The highest BCUT2D eigenvalue weighted by molar-refractivity contribution is 5.99. The SMILES string of the molecule is CC1(C)c2cc(-c3ccccc3)ccc2N(c2c(C#N)c(C#N)c(N3c4ccc(-c5ccccc5)cc4C(C)(C)c4cc(-c5ccccc5)ccc43)c3c2C2CCC3C2)c2ccc(-c3ccccc3)cc21. The number of nitrogens with zero attached hydrogens (tertiary/aromatic N) is 4. The van der Waals surface area contributed by atoms with Gasteiger partial charge >= 0.3 is 0 Å². The second-order valence-corrected chi connectivity index (χ2v) is 21.0. The van der Waals surface area contributed by atoms with Crippen molar-refractivity contribution in [2.75, 3.05) is 9.80 Å². The molecule has 0 aromatic heterocycles. The maximum Gasteiger partial charge on any atom is 0.103 e. The quantitative estimate of drug-likeness (QED) is 0.167. The first-order chi connectivity index (χ1) is 34.6. The van der Waals surface area contributed by atoms with E-state index < -0.39 is 10.8 Å². The van der Waals surface area contributed by atoms with Crippen LogP contribution in [0.25, 0.3) is 44.5 Å². The number of benzene rings is 9. The van der Waals surface area contributed by atoms with Crippen molar-refractivity contribution in [3.63, 3.8) is 0 Å². The summed E-state index contributed by atoms with van der Waals surface area (Å²) in [6.45, 7) is 9.36.